The number of amides is 1. The second-order valence-corrected chi connectivity index (χ2v) is 7.12. The van der Waals surface area contributed by atoms with Gasteiger partial charge < -0.3 is 15.0 Å². The zero-order chi connectivity index (χ0) is 16.8. The van der Waals surface area contributed by atoms with Gasteiger partial charge in [-0.3, -0.25) is 4.79 Å². The highest BCUT2D eigenvalue weighted by molar-refractivity contribution is 5.78. The van der Waals surface area contributed by atoms with Crippen LogP contribution in [0.25, 0.3) is 0 Å². The van der Waals surface area contributed by atoms with Crippen LogP contribution in [-0.2, 0) is 22.4 Å². The Balaban J connectivity index is 1.43. The van der Waals surface area contributed by atoms with Gasteiger partial charge in [-0.25, -0.2) is 0 Å². The van der Waals surface area contributed by atoms with E-state index >= 15 is 0 Å². The Labute approximate surface area is 145 Å². The fraction of sp³-hybridized carbons (Fsp3) is 0.650. The average Bonchev–Trinajstić information content (AvgIpc) is 3.22. The lowest BCUT2D eigenvalue weighted by Gasteiger charge is -2.20. The molecule has 0 saturated carbocycles. The van der Waals surface area contributed by atoms with E-state index in [1.807, 2.05) is 6.92 Å². The number of likely N-dealkylation sites (tertiary alicyclic amines) is 1. The number of ether oxygens (including phenoxy) is 1. The summed E-state index contributed by atoms with van der Waals surface area (Å²) in [6.07, 6.45) is 7.27. The molecule has 4 heteroatoms. The van der Waals surface area contributed by atoms with Gasteiger partial charge in [-0.1, -0.05) is 24.3 Å². The van der Waals surface area contributed by atoms with Crippen molar-refractivity contribution in [2.45, 2.75) is 57.7 Å². The van der Waals surface area contributed by atoms with E-state index < -0.39 is 0 Å². The van der Waals surface area contributed by atoms with Crippen LogP contribution >= 0.6 is 0 Å². The number of hydrogen-bond donors (Lipinski definition) is 1. The number of nitrogens with one attached hydrogen (secondary N) is 1. The van der Waals surface area contributed by atoms with E-state index in [9.17, 15) is 4.79 Å². The van der Waals surface area contributed by atoms with Gasteiger partial charge in [0.15, 0.2) is 0 Å². The van der Waals surface area contributed by atoms with Gasteiger partial charge in [0.2, 0.25) is 5.91 Å². The molecule has 0 bridgehead atoms. The Morgan fingerprint density at radius 2 is 1.79 bits per heavy atom. The van der Waals surface area contributed by atoms with Crippen LogP contribution in [0.4, 0.5) is 0 Å². The summed E-state index contributed by atoms with van der Waals surface area (Å²) in [5.41, 5.74) is 2.38. The quantitative estimate of drug-likeness (QED) is 0.835. The lowest BCUT2D eigenvalue weighted by molar-refractivity contribution is -0.120. The van der Waals surface area contributed by atoms with Crippen molar-refractivity contribution in [3.8, 4) is 0 Å². The lowest BCUT2D eigenvalue weighted by atomic mass is 10.0. The highest BCUT2D eigenvalue weighted by Crippen LogP contribution is 2.24. The van der Waals surface area contributed by atoms with Crippen LogP contribution < -0.4 is 5.32 Å². The van der Waals surface area contributed by atoms with Crippen LogP contribution in [0.2, 0.25) is 0 Å². The number of hydrogen-bond acceptors (Lipinski definition) is 3. The highest BCUT2D eigenvalue weighted by atomic mass is 16.5. The monoisotopic (exact) mass is 330 g/mol. The summed E-state index contributed by atoms with van der Waals surface area (Å²) in [5, 5.41) is 2.84. The molecule has 0 aliphatic carbocycles. The van der Waals surface area contributed by atoms with Crippen molar-refractivity contribution in [2.75, 3.05) is 26.2 Å². The highest BCUT2D eigenvalue weighted by Gasteiger charge is 2.27. The van der Waals surface area contributed by atoms with E-state index in [4.69, 9.17) is 4.74 Å². The minimum absolute atomic E-state index is 0.0918. The van der Waals surface area contributed by atoms with Crippen molar-refractivity contribution in [2.24, 2.45) is 0 Å². The van der Waals surface area contributed by atoms with E-state index in [1.54, 1.807) is 0 Å². The number of rotatable bonds is 7. The fourth-order valence-electron chi connectivity index (χ4n) is 3.82. The van der Waals surface area contributed by atoms with E-state index in [-0.39, 0.29) is 5.91 Å². The largest absolute Gasteiger partial charge is 0.373 e. The molecule has 2 saturated heterocycles. The molecule has 0 aromatic heterocycles. The van der Waals surface area contributed by atoms with Crippen molar-refractivity contribution in [3.05, 3.63) is 35.4 Å². The standard InChI is InChI=1S/C20H30N2O2/c1-2-21-20(23)14-17-7-5-16(6-8-17)13-18-9-10-19(24-18)15-22-11-3-4-12-22/h5-8,18-19H,2-4,9-15H2,1H3,(H,21,23)/t18-,19+/m0/s1. The third-order valence-electron chi connectivity index (χ3n) is 5.08. The Kier molecular flexibility index (Phi) is 6.27. The van der Waals surface area contributed by atoms with E-state index in [0.717, 1.165) is 18.5 Å². The molecule has 3 rings (SSSR count). The SMILES string of the molecule is CCNC(=O)Cc1ccc(C[C@@H]2CC[C@H](CN3CCCC3)O2)cc1. The first kappa shape index (κ1) is 17.4. The van der Waals surface area contributed by atoms with Crippen molar-refractivity contribution < 1.29 is 9.53 Å². The van der Waals surface area contributed by atoms with Crippen LogP contribution in [0.15, 0.2) is 24.3 Å². The molecule has 0 unspecified atom stereocenters. The molecule has 2 aliphatic rings. The van der Waals surface area contributed by atoms with Gasteiger partial charge in [0, 0.05) is 13.1 Å². The fourth-order valence-corrected chi connectivity index (χ4v) is 3.82. The molecule has 4 nitrogen and oxygen atoms in total. The summed E-state index contributed by atoms with van der Waals surface area (Å²) < 4.78 is 6.25. The minimum atomic E-state index is 0.0918. The van der Waals surface area contributed by atoms with Crippen molar-refractivity contribution in [1.82, 2.24) is 10.2 Å². The van der Waals surface area contributed by atoms with Crippen LogP contribution in [0, 0.1) is 0 Å². The van der Waals surface area contributed by atoms with Gasteiger partial charge >= 0.3 is 0 Å². The number of nitrogens with zero attached hydrogens (tertiary/aromatic N) is 1. The van der Waals surface area contributed by atoms with Gasteiger partial charge in [0.05, 0.1) is 18.6 Å². The maximum Gasteiger partial charge on any atom is 0.224 e. The van der Waals surface area contributed by atoms with E-state index in [2.05, 4.69) is 34.5 Å². The first-order valence-electron chi connectivity index (χ1n) is 9.45. The Morgan fingerprint density at radius 1 is 1.12 bits per heavy atom. The molecule has 2 atom stereocenters. The number of carbonyl (C=O) groups excluding carboxylic acids is 1. The average molecular weight is 330 g/mol. The minimum Gasteiger partial charge on any atom is -0.373 e. The summed E-state index contributed by atoms with van der Waals surface area (Å²) in [6, 6.07) is 8.43. The molecule has 0 spiro atoms. The van der Waals surface area contributed by atoms with Crippen LogP contribution in [-0.4, -0.2) is 49.2 Å². The number of likely N-dealkylation sites (N-methyl/N-ethyl adjacent to an activating group) is 1. The summed E-state index contributed by atoms with van der Waals surface area (Å²) >= 11 is 0. The summed E-state index contributed by atoms with van der Waals surface area (Å²) in [5.74, 6) is 0.0918. The Morgan fingerprint density at radius 3 is 2.50 bits per heavy atom. The lowest BCUT2D eigenvalue weighted by Crippen LogP contribution is -2.30. The van der Waals surface area contributed by atoms with Crippen LogP contribution in [0.1, 0.15) is 43.7 Å². The molecule has 2 fully saturated rings. The molecule has 1 amide bonds. The second kappa shape index (κ2) is 8.63. The topological polar surface area (TPSA) is 41.6 Å². The second-order valence-electron chi connectivity index (χ2n) is 7.12. The molecule has 24 heavy (non-hydrogen) atoms. The maximum atomic E-state index is 11.6. The molecule has 2 aliphatic heterocycles. The molecule has 0 radical (unpaired) electrons. The van der Waals surface area contributed by atoms with Crippen LogP contribution in [0.3, 0.4) is 0 Å². The van der Waals surface area contributed by atoms with Gasteiger partial charge in [0.1, 0.15) is 0 Å². The summed E-state index contributed by atoms with van der Waals surface area (Å²) in [4.78, 5) is 14.2. The van der Waals surface area contributed by atoms with Crippen LogP contribution in [0.5, 0.6) is 0 Å². The van der Waals surface area contributed by atoms with Gasteiger partial charge in [0.25, 0.3) is 0 Å². The van der Waals surface area contributed by atoms with E-state index in [1.165, 1.54) is 44.3 Å². The maximum absolute atomic E-state index is 11.6. The van der Waals surface area contributed by atoms with Gasteiger partial charge in [-0.05, 0) is 63.2 Å². The van der Waals surface area contributed by atoms with Crippen molar-refractivity contribution in [1.29, 1.82) is 0 Å². The van der Waals surface area contributed by atoms with Gasteiger partial charge in [-0.15, -0.1) is 0 Å². The molecule has 2 heterocycles. The van der Waals surface area contributed by atoms with Crippen molar-refractivity contribution in [3.63, 3.8) is 0 Å². The first-order valence-corrected chi connectivity index (χ1v) is 9.45. The van der Waals surface area contributed by atoms with Crippen molar-refractivity contribution >= 4 is 5.91 Å². The first-order chi connectivity index (χ1) is 11.7. The predicted molar refractivity (Wildman–Crippen MR) is 96.1 cm³/mol. The third-order valence-corrected chi connectivity index (χ3v) is 5.08. The molecule has 1 aromatic rings. The zero-order valence-electron chi connectivity index (χ0n) is 14.8. The summed E-state index contributed by atoms with van der Waals surface area (Å²) in [7, 11) is 0. The Bertz CT molecular complexity index is 523. The molecule has 132 valence electrons. The normalized spacial score (nSPS) is 24.4. The Hall–Kier alpha value is -1.39. The summed E-state index contributed by atoms with van der Waals surface area (Å²) in [6.45, 7) is 6.24. The third kappa shape index (κ3) is 5.05. The number of benzene rings is 1. The van der Waals surface area contributed by atoms with Gasteiger partial charge in [-0.2, -0.15) is 0 Å². The molecule has 1 N–H and O–H groups in total. The number of carbonyl (C=O) groups is 1. The van der Waals surface area contributed by atoms with E-state index in [0.29, 0.717) is 25.2 Å². The predicted octanol–water partition coefficient (Wildman–Crippen LogP) is 2.55. The molecule has 1 aromatic carbocycles. The molecular formula is C20H30N2O2. The zero-order valence-corrected chi connectivity index (χ0v) is 14.8. The molecular weight excluding hydrogens is 300 g/mol. The smallest absolute Gasteiger partial charge is 0.224 e.